The molecule has 0 aliphatic heterocycles. The van der Waals surface area contributed by atoms with Crippen molar-refractivity contribution in [3.8, 4) is 5.75 Å². The number of halogens is 2. The first kappa shape index (κ1) is 9.99. The van der Waals surface area contributed by atoms with Crippen LogP contribution < -0.4 is 4.74 Å². The fourth-order valence-corrected chi connectivity index (χ4v) is 1.24. The highest BCUT2D eigenvalue weighted by molar-refractivity contribution is 6.32. The number of carbonyl (C=O) groups excluding carboxylic acids is 1. The van der Waals surface area contributed by atoms with Crippen molar-refractivity contribution in [2.24, 2.45) is 0 Å². The highest BCUT2D eigenvalue weighted by Gasteiger charge is 2.11. The Bertz CT molecular complexity index is 326. The zero-order valence-corrected chi connectivity index (χ0v) is 7.98. The van der Waals surface area contributed by atoms with Gasteiger partial charge < -0.3 is 4.74 Å². The molecule has 1 aromatic carbocycles. The average Bonchev–Trinajstić information content (AvgIpc) is 2.03. The number of carbonyl (C=O) groups is 1. The Balaban J connectivity index is 3.28. The zero-order chi connectivity index (χ0) is 10.0. The molecule has 2 nitrogen and oxygen atoms in total. The van der Waals surface area contributed by atoms with Gasteiger partial charge in [0.15, 0.2) is 17.3 Å². The molecule has 1 aromatic rings. The van der Waals surface area contributed by atoms with Crippen molar-refractivity contribution in [3.63, 3.8) is 0 Å². The van der Waals surface area contributed by atoms with E-state index < -0.39 is 5.82 Å². The van der Waals surface area contributed by atoms with Crippen LogP contribution in [0.2, 0.25) is 5.02 Å². The monoisotopic (exact) mass is 202 g/mol. The van der Waals surface area contributed by atoms with Crippen LogP contribution in [0, 0.1) is 5.82 Å². The summed E-state index contributed by atoms with van der Waals surface area (Å²) in [7, 11) is 1.32. The van der Waals surface area contributed by atoms with Crippen LogP contribution in [0.5, 0.6) is 5.75 Å². The van der Waals surface area contributed by atoms with Crippen molar-refractivity contribution in [2.75, 3.05) is 7.11 Å². The Hall–Kier alpha value is -1.09. The minimum atomic E-state index is -0.625. The van der Waals surface area contributed by atoms with E-state index in [2.05, 4.69) is 0 Å². The van der Waals surface area contributed by atoms with Gasteiger partial charge in [0, 0.05) is 5.56 Å². The van der Waals surface area contributed by atoms with Gasteiger partial charge in [0.1, 0.15) is 0 Å². The van der Waals surface area contributed by atoms with E-state index in [0.717, 1.165) is 6.07 Å². The number of hydrogen-bond acceptors (Lipinski definition) is 2. The number of ketones is 1. The van der Waals surface area contributed by atoms with E-state index in [-0.39, 0.29) is 22.1 Å². The van der Waals surface area contributed by atoms with Gasteiger partial charge in [-0.1, -0.05) is 11.6 Å². The van der Waals surface area contributed by atoms with Crippen LogP contribution >= 0.6 is 11.6 Å². The lowest BCUT2D eigenvalue weighted by atomic mass is 10.1. The van der Waals surface area contributed by atoms with Crippen molar-refractivity contribution in [2.45, 2.75) is 6.92 Å². The van der Waals surface area contributed by atoms with Gasteiger partial charge in [-0.25, -0.2) is 4.39 Å². The summed E-state index contributed by atoms with van der Waals surface area (Å²) in [5.74, 6) is -0.893. The first-order valence-corrected chi connectivity index (χ1v) is 3.98. The van der Waals surface area contributed by atoms with Crippen molar-refractivity contribution >= 4 is 17.4 Å². The van der Waals surface area contributed by atoms with Gasteiger partial charge in [-0.05, 0) is 19.1 Å². The SMILES string of the molecule is COc1c(F)cc(C(C)=O)cc1Cl. The molecule has 0 bridgehead atoms. The Morgan fingerprint density at radius 3 is 2.54 bits per heavy atom. The maximum Gasteiger partial charge on any atom is 0.173 e. The molecule has 0 N–H and O–H groups in total. The lowest BCUT2D eigenvalue weighted by Crippen LogP contribution is -1.96. The number of benzene rings is 1. The second-order valence-electron chi connectivity index (χ2n) is 2.53. The standard InChI is InChI=1S/C9H8ClFO2/c1-5(12)6-3-7(10)9(13-2)8(11)4-6/h3-4H,1-2H3. The molecule has 0 aliphatic rings. The molecule has 0 aliphatic carbocycles. The zero-order valence-electron chi connectivity index (χ0n) is 7.23. The van der Waals surface area contributed by atoms with Gasteiger partial charge in [0.25, 0.3) is 0 Å². The van der Waals surface area contributed by atoms with Gasteiger partial charge in [0.2, 0.25) is 0 Å². The van der Waals surface area contributed by atoms with E-state index in [1.165, 1.54) is 20.1 Å². The Morgan fingerprint density at radius 2 is 2.15 bits per heavy atom. The van der Waals surface area contributed by atoms with Crippen molar-refractivity contribution in [1.82, 2.24) is 0 Å². The lowest BCUT2D eigenvalue weighted by molar-refractivity contribution is 0.101. The molecule has 0 radical (unpaired) electrons. The molecule has 0 aromatic heterocycles. The highest BCUT2D eigenvalue weighted by Crippen LogP contribution is 2.28. The molecular formula is C9H8ClFO2. The molecule has 70 valence electrons. The lowest BCUT2D eigenvalue weighted by Gasteiger charge is -2.05. The summed E-state index contributed by atoms with van der Waals surface area (Å²) in [6.45, 7) is 1.34. The van der Waals surface area contributed by atoms with Crippen LogP contribution in [-0.2, 0) is 0 Å². The molecule has 0 saturated heterocycles. The quantitative estimate of drug-likeness (QED) is 0.690. The van der Waals surface area contributed by atoms with Gasteiger partial charge in [-0.3, -0.25) is 4.79 Å². The molecule has 4 heteroatoms. The molecular weight excluding hydrogens is 195 g/mol. The van der Waals surface area contributed by atoms with Gasteiger partial charge >= 0.3 is 0 Å². The summed E-state index contributed by atoms with van der Waals surface area (Å²) in [6, 6.07) is 2.48. The molecule has 0 heterocycles. The fraction of sp³-hybridized carbons (Fsp3) is 0.222. The molecule has 13 heavy (non-hydrogen) atoms. The summed E-state index contributed by atoms with van der Waals surface area (Å²) < 4.78 is 17.8. The smallest absolute Gasteiger partial charge is 0.173 e. The molecule has 0 amide bonds. The molecule has 0 unspecified atom stereocenters. The first-order valence-electron chi connectivity index (χ1n) is 3.60. The number of rotatable bonds is 2. The minimum absolute atomic E-state index is 0.0355. The summed E-state index contributed by atoms with van der Waals surface area (Å²) in [5.41, 5.74) is 0.239. The van der Waals surface area contributed by atoms with Crippen molar-refractivity contribution in [1.29, 1.82) is 0 Å². The van der Waals surface area contributed by atoms with Crippen LogP contribution in [0.25, 0.3) is 0 Å². The van der Waals surface area contributed by atoms with E-state index in [1.54, 1.807) is 0 Å². The highest BCUT2D eigenvalue weighted by atomic mass is 35.5. The second-order valence-corrected chi connectivity index (χ2v) is 2.94. The minimum Gasteiger partial charge on any atom is -0.492 e. The third-order valence-electron chi connectivity index (χ3n) is 1.61. The molecule has 1 rings (SSSR count). The summed E-state index contributed by atoms with van der Waals surface area (Å²) in [5, 5.41) is 0.104. The van der Waals surface area contributed by atoms with E-state index in [9.17, 15) is 9.18 Å². The number of hydrogen-bond donors (Lipinski definition) is 0. The van der Waals surface area contributed by atoms with E-state index >= 15 is 0 Å². The molecule has 0 saturated carbocycles. The molecule has 0 fully saturated rings. The normalized spacial score (nSPS) is 9.85. The van der Waals surface area contributed by atoms with Crippen LogP contribution in [-0.4, -0.2) is 12.9 Å². The van der Waals surface area contributed by atoms with Crippen molar-refractivity contribution < 1.29 is 13.9 Å². The maximum absolute atomic E-state index is 13.1. The van der Waals surface area contributed by atoms with E-state index in [1.807, 2.05) is 0 Å². The van der Waals surface area contributed by atoms with Crippen LogP contribution in [0.4, 0.5) is 4.39 Å². The first-order chi connectivity index (χ1) is 6.06. The number of ether oxygens (including phenoxy) is 1. The summed E-state index contributed by atoms with van der Waals surface area (Å²) >= 11 is 5.66. The van der Waals surface area contributed by atoms with Crippen LogP contribution in [0.3, 0.4) is 0 Å². The van der Waals surface area contributed by atoms with Gasteiger partial charge in [0.05, 0.1) is 12.1 Å². The fourth-order valence-electron chi connectivity index (χ4n) is 0.958. The van der Waals surface area contributed by atoms with Gasteiger partial charge in [-0.15, -0.1) is 0 Å². The van der Waals surface area contributed by atoms with Crippen LogP contribution in [0.15, 0.2) is 12.1 Å². The predicted octanol–water partition coefficient (Wildman–Crippen LogP) is 2.69. The van der Waals surface area contributed by atoms with Crippen molar-refractivity contribution in [3.05, 3.63) is 28.5 Å². The maximum atomic E-state index is 13.1. The third-order valence-corrected chi connectivity index (χ3v) is 1.89. The Morgan fingerprint density at radius 1 is 1.54 bits per heavy atom. The molecule has 0 spiro atoms. The second kappa shape index (κ2) is 3.75. The predicted molar refractivity (Wildman–Crippen MR) is 48.0 cm³/mol. The number of Topliss-reactive ketones (excluding diaryl/α,β-unsaturated/α-hetero) is 1. The van der Waals surface area contributed by atoms with Gasteiger partial charge in [-0.2, -0.15) is 0 Å². The molecule has 0 atom stereocenters. The summed E-state index contributed by atoms with van der Waals surface area (Å²) in [6.07, 6.45) is 0. The van der Waals surface area contributed by atoms with E-state index in [0.29, 0.717) is 0 Å². The third kappa shape index (κ3) is 1.98. The number of methoxy groups -OCH3 is 1. The Kier molecular flexibility index (Phi) is 2.88. The largest absolute Gasteiger partial charge is 0.492 e. The van der Waals surface area contributed by atoms with E-state index in [4.69, 9.17) is 16.3 Å². The topological polar surface area (TPSA) is 26.3 Å². The average molecular weight is 203 g/mol. The van der Waals surface area contributed by atoms with Crippen LogP contribution in [0.1, 0.15) is 17.3 Å². The Labute approximate surface area is 80.3 Å². The summed E-state index contributed by atoms with van der Waals surface area (Å²) in [4.78, 5) is 10.9.